The maximum Gasteiger partial charge on any atom is 0.307 e. The predicted molar refractivity (Wildman–Crippen MR) is 237 cm³/mol. The van der Waals surface area contributed by atoms with E-state index in [-0.39, 0.29) is 61.1 Å². The van der Waals surface area contributed by atoms with Crippen LogP contribution in [0.25, 0.3) is 21.9 Å². The number of methoxy groups -OCH3 is 2. The van der Waals surface area contributed by atoms with Crippen molar-refractivity contribution in [1.29, 1.82) is 0 Å². The highest BCUT2D eigenvalue weighted by molar-refractivity contribution is 7.91. The molecule has 63 heavy (non-hydrogen) atoms. The number of rotatable bonds is 11. The number of ether oxygens (including phenoxy) is 4. The van der Waals surface area contributed by atoms with E-state index in [9.17, 15) is 22.8 Å². The molecule has 3 fully saturated rings. The third-order valence-corrected chi connectivity index (χ3v) is 15.7. The van der Waals surface area contributed by atoms with Crippen molar-refractivity contribution in [3.63, 3.8) is 0 Å². The van der Waals surface area contributed by atoms with Gasteiger partial charge in [0, 0.05) is 53.2 Å². The molecule has 340 valence electrons. The minimum atomic E-state index is -3.98. The molecule has 0 radical (unpaired) electrons. The van der Waals surface area contributed by atoms with E-state index in [0.717, 1.165) is 22.9 Å². The van der Waals surface area contributed by atoms with Crippen LogP contribution in [0, 0.1) is 29.1 Å². The highest BCUT2D eigenvalue weighted by Crippen LogP contribution is 2.58. The molecule has 2 amide bonds. The molecule has 7 rings (SSSR count). The molecular weight excluding hydrogens is 825 g/mol. The number of aromatic nitrogens is 2. The van der Waals surface area contributed by atoms with Gasteiger partial charge in [0.2, 0.25) is 33.6 Å². The Labute approximate surface area is 370 Å². The molecular formula is C48H62N4O10S. The fraction of sp³-hybridized carbons (Fsp3) is 0.583. The average Bonchev–Trinajstić information content (AvgIpc) is 4.12. The van der Waals surface area contributed by atoms with E-state index >= 15 is 4.79 Å². The Kier molecular flexibility index (Phi) is 13.0. The minimum absolute atomic E-state index is 0.0186. The van der Waals surface area contributed by atoms with Crippen molar-refractivity contribution in [2.75, 3.05) is 20.8 Å². The number of Topliss-reactive ketones (excluding diaryl/α,β-unsaturated/α-hetero) is 1. The number of hydrogen-bond acceptors (Lipinski definition) is 12. The predicted octanol–water partition coefficient (Wildman–Crippen LogP) is 7.38. The fourth-order valence-corrected chi connectivity index (χ4v) is 10.7. The van der Waals surface area contributed by atoms with Crippen LogP contribution in [0.4, 0.5) is 0 Å². The Morgan fingerprint density at radius 3 is 2.41 bits per heavy atom. The number of amides is 2. The molecule has 1 N–H and O–H groups in total. The lowest BCUT2D eigenvalue weighted by atomic mass is 9.79. The van der Waals surface area contributed by atoms with Crippen molar-refractivity contribution in [2.24, 2.45) is 29.1 Å². The second-order valence-electron chi connectivity index (χ2n) is 19.4. The second-order valence-corrected chi connectivity index (χ2v) is 21.6. The molecule has 3 aromatic rings. The van der Waals surface area contributed by atoms with Gasteiger partial charge in [-0.2, -0.15) is 0 Å². The first kappa shape index (κ1) is 46.0. The Morgan fingerprint density at radius 1 is 1.00 bits per heavy atom. The number of carbonyl (C=O) groups excluding carboxylic acids is 4. The number of fused-ring (bicyclic) bond motifs is 3. The van der Waals surface area contributed by atoms with Gasteiger partial charge in [0.15, 0.2) is 5.78 Å². The zero-order valence-electron chi connectivity index (χ0n) is 37.8. The Hall–Kier alpha value is -5.05. The quantitative estimate of drug-likeness (QED) is 0.149. The fourth-order valence-electron chi connectivity index (χ4n) is 9.37. The molecule has 4 aliphatic rings. The molecule has 1 aromatic carbocycles. The van der Waals surface area contributed by atoms with Crippen LogP contribution in [0.15, 0.2) is 54.9 Å². The van der Waals surface area contributed by atoms with Crippen molar-refractivity contribution in [3.8, 4) is 28.6 Å². The van der Waals surface area contributed by atoms with Crippen molar-refractivity contribution in [1.82, 2.24) is 19.6 Å². The van der Waals surface area contributed by atoms with Crippen LogP contribution in [-0.4, -0.2) is 90.1 Å². The van der Waals surface area contributed by atoms with Gasteiger partial charge < -0.3 is 23.8 Å². The SMILES string of the molecule is CC[C@@H]1C[C@H](C)CC/C=C\[C@@H]2C[C@@]2(C(=O)NS(=O)(=O)C2(C)CC2)CC(=O)[C@@H]2C[C@@H](Oc3ncc(-c4ccc(OC)nc4)c4cc(OC)ccc34)CN2C(=O)[C@H]1CC(=O)OC(C)(C)C. The molecule has 2 aromatic heterocycles. The van der Waals surface area contributed by atoms with Crippen LogP contribution in [0.1, 0.15) is 106 Å². The number of pyridine rings is 2. The lowest BCUT2D eigenvalue weighted by Crippen LogP contribution is -2.48. The maximum atomic E-state index is 15.2. The monoisotopic (exact) mass is 886 g/mol. The van der Waals surface area contributed by atoms with E-state index in [1.54, 1.807) is 71.3 Å². The van der Waals surface area contributed by atoms with Gasteiger partial charge in [-0.3, -0.25) is 23.9 Å². The van der Waals surface area contributed by atoms with Crippen molar-refractivity contribution < 1.29 is 46.5 Å². The highest BCUT2D eigenvalue weighted by atomic mass is 32.2. The van der Waals surface area contributed by atoms with Gasteiger partial charge in [-0.05, 0) is 108 Å². The number of carbonyl (C=O) groups is 4. The largest absolute Gasteiger partial charge is 0.497 e. The molecule has 15 heteroatoms. The second kappa shape index (κ2) is 17.8. The van der Waals surface area contributed by atoms with Crippen LogP contribution in [0.3, 0.4) is 0 Å². The molecule has 1 saturated heterocycles. The highest BCUT2D eigenvalue weighted by Gasteiger charge is 2.63. The van der Waals surface area contributed by atoms with Gasteiger partial charge in [0.25, 0.3) is 0 Å². The molecule has 0 unspecified atom stereocenters. The Morgan fingerprint density at radius 2 is 1.76 bits per heavy atom. The smallest absolute Gasteiger partial charge is 0.307 e. The molecule has 14 nitrogen and oxygen atoms in total. The summed E-state index contributed by atoms with van der Waals surface area (Å²) >= 11 is 0. The third kappa shape index (κ3) is 9.88. The zero-order chi connectivity index (χ0) is 45.5. The number of hydrogen-bond donors (Lipinski definition) is 1. The summed E-state index contributed by atoms with van der Waals surface area (Å²) in [4.78, 5) is 68.5. The zero-order valence-corrected chi connectivity index (χ0v) is 38.6. The van der Waals surface area contributed by atoms with Crippen LogP contribution in [0.5, 0.6) is 17.5 Å². The number of benzene rings is 1. The minimum Gasteiger partial charge on any atom is -0.497 e. The summed E-state index contributed by atoms with van der Waals surface area (Å²) in [7, 11) is -0.848. The Balaban J connectivity index is 1.26. The van der Waals surface area contributed by atoms with Gasteiger partial charge in [-0.1, -0.05) is 32.4 Å². The van der Waals surface area contributed by atoms with Gasteiger partial charge in [0.05, 0.1) is 49.3 Å². The average molecular weight is 887 g/mol. The lowest BCUT2D eigenvalue weighted by Gasteiger charge is -2.33. The molecule has 4 heterocycles. The topological polar surface area (TPSA) is 180 Å². The number of ketones is 1. The first-order valence-corrected chi connectivity index (χ1v) is 23.7. The molecule has 2 saturated carbocycles. The summed E-state index contributed by atoms with van der Waals surface area (Å²) in [6, 6.07) is 8.17. The van der Waals surface area contributed by atoms with Crippen molar-refractivity contribution in [2.45, 2.75) is 128 Å². The lowest BCUT2D eigenvalue weighted by molar-refractivity contribution is -0.160. The molecule has 7 atom stereocenters. The van der Waals surface area contributed by atoms with E-state index in [0.29, 0.717) is 55.5 Å². The third-order valence-electron chi connectivity index (χ3n) is 13.5. The summed E-state index contributed by atoms with van der Waals surface area (Å²) in [6.07, 6.45) is 10.3. The van der Waals surface area contributed by atoms with Crippen molar-refractivity contribution >= 4 is 44.4 Å². The summed E-state index contributed by atoms with van der Waals surface area (Å²) < 4.78 is 51.4. The number of nitrogens with zero attached hydrogens (tertiary/aromatic N) is 3. The van der Waals surface area contributed by atoms with Crippen molar-refractivity contribution in [3.05, 3.63) is 54.9 Å². The number of sulfonamides is 1. The van der Waals surface area contributed by atoms with E-state index < -0.39 is 55.7 Å². The first-order valence-electron chi connectivity index (χ1n) is 22.2. The van der Waals surface area contributed by atoms with Gasteiger partial charge in [-0.25, -0.2) is 18.4 Å². The van der Waals surface area contributed by atoms with E-state index in [4.69, 9.17) is 23.9 Å². The van der Waals surface area contributed by atoms with Crippen LogP contribution >= 0.6 is 0 Å². The standard InChI is InChI=1S/C48H62N4O10S/c1-9-30-20-29(2)12-10-11-13-32-24-48(32,45(56)51-63(57,58)47(6)18-19-47)25-40(53)39-22-34(28-52(39)44(55)36(30)23-42(54)62-46(3,4)5)61-43-35-16-15-33(59-7)21-37(35)38(27-50-43)31-14-17-41(60-8)49-26-31/h11,13-17,21,26-27,29-30,32,34,36,39H,9-10,12,18-20,22-25,28H2,1-8H3,(H,51,56)/b13-11-/t29-,30-,32-,34-,36+,39+,48-/m1/s1. The number of nitrogens with one attached hydrogen (secondary N) is 1. The molecule has 0 spiro atoms. The molecule has 2 aliphatic carbocycles. The summed E-state index contributed by atoms with van der Waals surface area (Å²) in [6.45, 7) is 11.1. The van der Waals surface area contributed by atoms with Gasteiger partial charge >= 0.3 is 5.97 Å². The maximum absolute atomic E-state index is 15.2. The van der Waals surface area contributed by atoms with E-state index in [1.165, 1.54) is 0 Å². The van der Waals surface area contributed by atoms with E-state index in [2.05, 4.69) is 16.6 Å². The summed E-state index contributed by atoms with van der Waals surface area (Å²) in [5, 5.41) is 1.45. The van der Waals surface area contributed by atoms with Gasteiger partial charge in [-0.15, -0.1) is 0 Å². The van der Waals surface area contributed by atoms with Crippen LogP contribution in [0.2, 0.25) is 0 Å². The van der Waals surface area contributed by atoms with Gasteiger partial charge in [0.1, 0.15) is 17.5 Å². The van der Waals surface area contributed by atoms with Crippen LogP contribution < -0.4 is 18.9 Å². The first-order chi connectivity index (χ1) is 29.8. The van der Waals surface area contributed by atoms with E-state index in [1.807, 2.05) is 37.3 Å². The molecule has 0 bridgehead atoms. The van der Waals surface area contributed by atoms with Crippen LogP contribution in [-0.2, 0) is 33.9 Å². The number of esters is 1. The normalized spacial score (nSPS) is 27.8. The molecule has 2 aliphatic heterocycles. The summed E-state index contributed by atoms with van der Waals surface area (Å²) in [5.74, 6) is -1.67. The number of allylic oxidation sites excluding steroid dienone is 2. The summed E-state index contributed by atoms with van der Waals surface area (Å²) in [5.41, 5.74) is -0.505. The Bertz CT molecular complexity index is 2370.